The smallest absolute Gasteiger partial charge is 0.198 e. The van der Waals surface area contributed by atoms with Crippen molar-refractivity contribution in [3.8, 4) is 0 Å². The minimum atomic E-state index is -2.80. The van der Waals surface area contributed by atoms with Crippen molar-refractivity contribution in [1.29, 1.82) is 0 Å². The van der Waals surface area contributed by atoms with Crippen LogP contribution in [0.25, 0.3) is 0 Å². The Hall–Kier alpha value is 0.300. The van der Waals surface area contributed by atoms with Crippen molar-refractivity contribution >= 4 is 19.7 Å². The van der Waals surface area contributed by atoms with Crippen LogP contribution >= 0.6 is 10.8 Å². The molecule has 0 aromatic rings. The molecule has 0 rings (SSSR count). The molecule has 0 unspecified atom stereocenters. The SMILES string of the molecule is CC(C)CCSS(C)(=O)=O. The van der Waals surface area contributed by atoms with Crippen LogP contribution in [-0.2, 0) is 8.87 Å². The molecule has 0 saturated heterocycles. The summed E-state index contributed by atoms with van der Waals surface area (Å²) >= 11 is 0. The lowest BCUT2D eigenvalue weighted by Crippen LogP contribution is -1.94. The Bertz CT molecular complexity index is 170. The van der Waals surface area contributed by atoms with E-state index in [-0.39, 0.29) is 0 Å². The molecule has 0 atom stereocenters. The Morgan fingerprint density at radius 1 is 1.40 bits per heavy atom. The average Bonchev–Trinajstić information content (AvgIpc) is 1.59. The number of rotatable bonds is 4. The second-order valence-corrected chi connectivity index (χ2v) is 7.28. The molecule has 10 heavy (non-hydrogen) atoms. The Labute approximate surface area is 66.7 Å². The largest absolute Gasteiger partial charge is 0.218 e. The van der Waals surface area contributed by atoms with Gasteiger partial charge in [0, 0.05) is 12.0 Å². The maximum atomic E-state index is 10.6. The van der Waals surface area contributed by atoms with Crippen molar-refractivity contribution in [1.82, 2.24) is 0 Å². The Morgan fingerprint density at radius 3 is 2.20 bits per heavy atom. The maximum Gasteiger partial charge on any atom is 0.198 e. The predicted molar refractivity (Wildman–Crippen MR) is 46.8 cm³/mol. The van der Waals surface area contributed by atoms with E-state index in [0.717, 1.165) is 23.0 Å². The quantitative estimate of drug-likeness (QED) is 0.621. The van der Waals surface area contributed by atoms with Crippen molar-refractivity contribution in [2.75, 3.05) is 12.0 Å². The third-order valence-corrected chi connectivity index (χ3v) is 3.61. The van der Waals surface area contributed by atoms with E-state index in [2.05, 4.69) is 13.8 Å². The highest BCUT2D eigenvalue weighted by Gasteiger charge is 2.02. The highest BCUT2D eigenvalue weighted by atomic mass is 33.1. The van der Waals surface area contributed by atoms with Crippen molar-refractivity contribution < 1.29 is 8.42 Å². The van der Waals surface area contributed by atoms with E-state index in [1.807, 2.05) is 0 Å². The first-order valence-electron chi connectivity index (χ1n) is 3.26. The van der Waals surface area contributed by atoms with Crippen LogP contribution in [-0.4, -0.2) is 20.4 Å². The van der Waals surface area contributed by atoms with Crippen molar-refractivity contribution in [2.24, 2.45) is 5.92 Å². The second-order valence-electron chi connectivity index (χ2n) is 2.71. The van der Waals surface area contributed by atoms with Crippen LogP contribution in [0.15, 0.2) is 0 Å². The van der Waals surface area contributed by atoms with Gasteiger partial charge in [0.15, 0.2) is 8.87 Å². The first kappa shape index (κ1) is 10.3. The van der Waals surface area contributed by atoms with Crippen LogP contribution in [0.3, 0.4) is 0 Å². The number of hydrogen-bond donors (Lipinski definition) is 0. The first-order chi connectivity index (χ1) is 4.42. The molecular formula is C6H14O2S2. The van der Waals surface area contributed by atoms with Gasteiger partial charge in [-0.1, -0.05) is 13.8 Å². The molecule has 4 heteroatoms. The fourth-order valence-corrected chi connectivity index (χ4v) is 2.50. The lowest BCUT2D eigenvalue weighted by Gasteiger charge is -2.01. The number of hydrogen-bond acceptors (Lipinski definition) is 3. The molecule has 0 aliphatic carbocycles. The van der Waals surface area contributed by atoms with Gasteiger partial charge in [-0.15, -0.1) is 0 Å². The zero-order valence-corrected chi connectivity index (χ0v) is 8.26. The van der Waals surface area contributed by atoms with Crippen LogP contribution in [0.4, 0.5) is 0 Å². The zero-order valence-electron chi connectivity index (χ0n) is 6.62. The normalized spacial score (nSPS) is 12.4. The van der Waals surface area contributed by atoms with E-state index >= 15 is 0 Å². The average molecular weight is 182 g/mol. The molecule has 0 aliphatic heterocycles. The molecule has 0 spiro atoms. The van der Waals surface area contributed by atoms with Crippen LogP contribution in [0, 0.1) is 5.92 Å². The molecule has 0 radical (unpaired) electrons. The van der Waals surface area contributed by atoms with Gasteiger partial charge in [-0.3, -0.25) is 0 Å². The maximum absolute atomic E-state index is 10.6. The zero-order chi connectivity index (χ0) is 8.20. The molecule has 0 aliphatic rings. The molecular weight excluding hydrogens is 168 g/mol. The van der Waals surface area contributed by atoms with Gasteiger partial charge < -0.3 is 0 Å². The molecule has 0 fully saturated rings. The molecule has 0 heterocycles. The van der Waals surface area contributed by atoms with Crippen molar-refractivity contribution in [3.63, 3.8) is 0 Å². The lowest BCUT2D eigenvalue weighted by molar-refractivity contribution is 0.614. The summed E-state index contributed by atoms with van der Waals surface area (Å²) in [6, 6.07) is 0. The molecule has 0 aromatic carbocycles. The van der Waals surface area contributed by atoms with Gasteiger partial charge >= 0.3 is 0 Å². The molecule has 0 saturated carbocycles. The summed E-state index contributed by atoms with van der Waals surface area (Å²) in [6.45, 7) is 4.17. The highest BCUT2D eigenvalue weighted by Crippen LogP contribution is 2.13. The third-order valence-electron chi connectivity index (χ3n) is 0.993. The fraction of sp³-hybridized carbons (Fsp3) is 1.00. The standard InChI is InChI=1S/C6H14O2S2/c1-6(2)4-5-9-10(3,7)8/h6H,4-5H2,1-3H3. The summed E-state index contributed by atoms with van der Waals surface area (Å²) < 4.78 is 21.2. The van der Waals surface area contributed by atoms with Gasteiger partial charge in [0.2, 0.25) is 0 Å². The van der Waals surface area contributed by atoms with Gasteiger partial charge in [0.05, 0.1) is 0 Å². The molecule has 62 valence electrons. The Balaban J connectivity index is 3.39. The fourth-order valence-electron chi connectivity index (χ4n) is 0.435. The Kier molecular flexibility index (Phi) is 4.36. The first-order valence-corrected chi connectivity index (χ1v) is 6.65. The summed E-state index contributed by atoms with van der Waals surface area (Å²) in [4.78, 5) is 0. The van der Waals surface area contributed by atoms with E-state index in [9.17, 15) is 8.42 Å². The van der Waals surface area contributed by atoms with Gasteiger partial charge in [-0.05, 0) is 23.1 Å². The van der Waals surface area contributed by atoms with Gasteiger partial charge in [0.25, 0.3) is 0 Å². The van der Waals surface area contributed by atoms with Crippen molar-refractivity contribution in [3.05, 3.63) is 0 Å². The topological polar surface area (TPSA) is 34.1 Å². The van der Waals surface area contributed by atoms with E-state index in [0.29, 0.717) is 5.92 Å². The summed E-state index contributed by atoms with van der Waals surface area (Å²) in [5.41, 5.74) is 0. The van der Waals surface area contributed by atoms with E-state index in [1.54, 1.807) is 0 Å². The van der Waals surface area contributed by atoms with Gasteiger partial charge in [-0.2, -0.15) is 0 Å². The molecule has 0 amide bonds. The monoisotopic (exact) mass is 182 g/mol. The van der Waals surface area contributed by atoms with Crippen LogP contribution in [0.1, 0.15) is 20.3 Å². The molecule has 2 nitrogen and oxygen atoms in total. The van der Waals surface area contributed by atoms with Crippen molar-refractivity contribution in [2.45, 2.75) is 20.3 Å². The van der Waals surface area contributed by atoms with Gasteiger partial charge in [-0.25, -0.2) is 8.42 Å². The highest BCUT2D eigenvalue weighted by molar-refractivity contribution is 8.71. The van der Waals surface area contributed by atoms with Crippen LogP contribution in [0.2, 0.25) is 0 Å². The van der Waals surface area contributed by atoms with E-state index in [1.165, 1.54) is 6.26 Å². The minimum Gasteiger partial charge on any atom is -0.218 e. The van der Waals surface area contributed by atoms with Crippen LogP contribution < -0.4 is 0 Å². The summed E-state index contributed by atoms with van der Waals surface area (Å²) in [7, 11) is -1.77. The molecule has 0 bridgehead atoms. The lowest BCUT2D eigenvalue weighted by atomic mass is 10.2. The second kappa shape index (κ2) is 4.23. The summed E-state index contributed by atoms with van der Waals surface area (Å²) in [5, 5.41) is 0. The Morgan fingerprint density at radius 2 is 1.90 bits per heavy atom. The van der Waals surface area contributed by atoms with E-state index in [4.69, 9.17) is 0 Å². The van der Waals surface area contributed by atoms with Crippen LogP contribution in [0.5, 0.6) is 0 Å². The van der Waals surface area contributed by atoms with E-state index < -0.39 is 8.87 Å². The third kappa shape index (κ3) is 8.30. The van der Waals surface area contributed by atoms with Gasteiger partial charge in [0.1, 0.15) is 0 Å². The summed E-state index contributed by atoms with van der Waals surface area (Å²) in [5.74, 6) is 1.31. The summed E-state index contributed by atoms with van der Waals surface area (Å²) in [6.07, 6.45) is 2.22. The predicted octanol–water partition coefficient (Wildman–Crippen LogP) is 1.73. The molecule has 0 N–H and O–H groups in total. The minimum absolute atomic E-state index is 0.592. The molecule has 0 aromatic heterocycles.